The van der Waals surface area contributed by atoms with Crippen LogP contribution in [0.2, 0.25) is 0 Å². The van der Waals surface area contributed by atoms with E-state index in [9.17, 15) is 4.55 Å². The molecule has 16 heavy (non-hydrogen) atoms. The molecule has 0 aromatic heterocycles. The van der Waals surface area contributed by atoms with Gasteiger partial charge in [0.15, 0.2) is 4.90 Å². The molecule has 0 saturated heterocycles. The molecule has 0 aliphatic heterocycles. The van der Waals surface area contributed by atoms with E-state index in [1.165, 1.54) is 0 Å². The van der Waals surface area contributed by atoms with Crippen LogP contribution in [0.1, 0.15) is 30.5 Å². The van der Waals surface area contributed by atoms with E-state index in [0.717, 1.165) is 0 Å². The van der Waals surface area contributed by atoms with Crippen LogP contribution in [0, 0.1) is 29.6 Å². The molecule has 1 unspecified atom stereocenters. The summed E-state index contributed by atoms with van der Waals surface area (Å²) >= 11 is -1.17. The second-order valence-corrected chi connectivity index (χ2v) is 5.72. The Morgan fingerprint density at radius 1 is 1.19 bits per heavy atom. The van der Waals surface area contributed by atoms with E-state index in [1.807, 2.05) is 26.0 Å². The summed E-state index contributed by atoms with van der Waals surface area (Å²) in [5, 5.41) is 17.8. The van der Waals surface area contributed by atoms with Crippen molar-refractivity contribution in [1.82, 2.24) is 0 Å². The minimum atomic E-state index is -1.17. The van der Waals surface area contributed by atoms with Crippen molar-refractivity contribution >= 4 is 11.2 Å². The molecule has 0 saturated carbocycles. The van der Waals surface area contributed by atoms with Crippen LogP contribution >= 0.6 is 0 Å². The van der Waals surface area contributed by atoms with Crippen molar-refractivity contribution in [1.29, 1.82) is 10.5 Å². The number of hydrogen-bond donors (Lipinski definition) is 0. The van der Waals surface area contributed by atoms with Gasteiger partial charge in [-0.15, -0.1) is 0 Å². The molecule has 0 aliphatic rings. The van der Waals surface area contributed by atoms with Gasteiger partial charge in [-0.2, -0.15) is 10.5 Å². The smallest absolute Gasteiger partial charge is 0.155 e. The zero-order valence-corrected chi connectivity index (χ0v) is 10.3. The lowest BCUT2D eigenvalue weighted by Crippen LogP contribution is -2.14. The Kier molecular flexibility index (Phi) is 3.95. The monoisotopic (exact) mass is 232 g/mol. The maximum Gasteiger partial charge on any atom is 0.155 e. The molecule has 0 heterocycles. The van der Waals surface area contributed by atoms with Gasteiger partial charge >= 0.3 is 0 Å². The first kappa shape index (κ1) is 12.6. The van der Waals surface area contributed by atoms with Crippen molar-refractivity contribution in [3.63, 3.8) is 0 Å². The first-order valence-corrected chi connectivity index (χ1v) is 6.08. The Morgan fingerprint density at radius 2 is 1.62 bits per heavy atom. The van der Waals surface area contributed by atoms with E-state index in [0.29, 0.717) is 21.6 Å². The summed E-state index contributed by atoms with van der Waals surface area (Å²) < 4.78 is 11.9. The minimum absolute atomic E-state index is 0.0270. The molecule has 1 rings (SSSR count). The third kappa shape index (κ3) is 2.36. The average Bonchev–Trinajstić information content (AvgIpc) is 2.28. The first-order valence-electron chi connectivity index (χ1n) is 4.86. The van der Waals surface area contributed by atoms with Crippen LogP contribution in [0.3, 0.4) is 0 Å². The molecule has 3 nitrogen and oxygen atoms in total. The highest BCUT2D eigenvalue weighted by molar-refractivity contribution is 7.92. The van der Waals surface area contributed by atoms with Crippen molar-refractivity contribution in [3.05, 3.63) is 28.8 Å². The summed E-state index contributed by atoms with van der Waals surface area (Å²) in [6, 6.07) is 7.24. The van der Waals surface area contributed by atoms with Crippen LogP contribution in [0.4, 0.5) is 0 Å². The standard InChI is InChI=1S/C12H12N2OS/c1-8(2)16(15)12-4-10(6-13)9(3)11(5-12)7-14/h4-5,8H,1-3H3. The third-order valence-electron chi connectivity index (χ3n) is 2.28. The van der Waals surface area contributed by atoms with Crippen LogP contribution in [-0.4, -0.2) is 9.80 Å². The number of benzene rings is 1. The maximum absolute atomic E-state index is 11.9. The highest BCUT2D eigenvalue weighted by Gasteiger charge is 2.18. The van der Waals surface area contributed by atoms with Gasteiger partial charge in [0.25, 0.3) is 0 Å². The number of hydrogen-bond acceptors (Lipinski definition) is 3. The minimum Gasteiger partial charge on any atom is -0.611 e. The maximum atomic E-state index is 11.9. The SMILES string of the molecule is Cc1c(C#N)cc([S+]([O-])C(C)C)cc1C#N. The van der Waals surface area contributed by atoms with Gasteiger partial charge in [0.1, 0.15) is 5.25 Å². The summed E-state index contributed by atoms with van der Waals surface area (Å²) in [6.45, 7) is 5.40. The lowest BCUT2D eigenvalue weighted by atomic mass is 10.0. The zero-order valence-electron chi connectivity index (χ0n) is 9.44. The molecule has 0 fully saturated rings. The Balaban J connectivity index is 3.36. The van der Waals surface area contributed by atoms with Gasteiger partial charge in [-0.05, 0) is 37.5 Å². The summed E-state index contributed by atoms with van der Waals surface area (Å²) in [5.74, 6) is 0. The van der Waals surface area contributed by atoms with Crippen LogP contribution in [0.15, 0.2) is 17.0 Å². The molecule has 0 radical (unpaired) electrons. The highest BCUT2D eigenvalue weighted by atomic mass is 32.2. The molecule has 0 amide bonds. The Bertz CT molecular complexity index is 448. The van der Waals surface area contributed by atoms with Gasteiger partial charge in [0.2, 0.25) is 0 Å². The van der Waals surface area contributed by atoms with Crippen LogP contribution in [0.25, 0.3) is 0 Å². The van der Waals surface area contributed by atoms with E-state index in [-0.39, 0.29) is 5.25 Å². The van der Waals surface area contributed by atoms with Gasteiger partial charge in [0, 0.05) is 12.1 Å². The average molecular weight is 232 g/mol. The molecule has 0 bridgehead atoms. The second-order valence-electron chi connectivity index (χ2n) is 3.71. The Morgan fingerprint density at radius 3 is 1.94 bits per heavy atom. The molecule has 0 spiro atoms. The molecular weight excluding hydrogens is 220 g/mol. The van der Waals surface area contributed by atoms with Crippen molar-refractivity contribution in [2.45, 2.75) is 30.9 Å². The van der Waals surface area contributed by atoms with Crippen molar-refractivity contribution in [3.8, 4) is 12.1 Å². The Labute approximate surface area is 98.5 Å². The predicted molar refractivity (Wildman–Crippen MR) is 62.2 cm³/mol. The van der Waals surface area contributed by atoms with Crippen LogP contribution < -0.4 is 0 Å². The topological polar surface area (TPSA) is 70.6 Å². The van der Waals surface area contributed by atoms with Gasteiger partial charge < -0.3 is 4.55 Å². The fourth-order valence-corrected chi connectivity index (χ4v) is 2.32. The van der Waals surface area contributed by atoms with Crippen LogP contribution in [0.5, 0.6) is 0 Å². The van der Waals surface area contributed by atoms with E-state index < -0.39 is 11.2 Å². The Hall–Kier alpha value is -1.49. The number of rotatable bonds is 2. The van der Waals surface area contributed by atoms with E-state index >= 15 is 0 Å². The molecule has 0 aliphatic carbocycles. The molecule has 1 atom stereocenters. The van der Waals surface area contributed by atoms with E-state index in [4.69, 9.17) is 10.5 Å². The van der Waals surface area contributed by atoms with Gasteiger partial charge in [-0.1, -0.05) is 0 Å². The molecule has 0 N–H and O–H groups in total. The largest absolute Gasteiger partial charge is 0.611 e. The quantitative estimate of drug-likeness (QED) is 0.734. The zero-order chi connectivity index (χ0) is 12.3. The molecular formula is C12H12N2OS. The molecule has 1 aromatic carbocycles. The van der Waals surface area contributed by atoms with E-state index in [1.54, 1.807) is 19.1 Å². The highest BCUT2D eigenvalue weighted by Crippen LogP contribution is 2.22. The van der Waals surface area contributed by atoms with Gasteiger partial charge in [0.05, 0.1) is 23.3 Å². The normalized spacial score (nSPS) is 11.9. The number of nitrogens with zero attached hydrogens (tertiary/aromatic N) is 2. The second kappa shape index (κ2) is 5.03. The van der Waals surface area contributed by atoms with Crippen molar-refractivity contribution in [2.75, 3.05) is 0 Å². The van der Waals surface area contributed by atoms with E-state index in [2.05, 4.69) is 0 Å². The van der Waals surface area contributed by atoms with Gasteiger partial charge in [-0.3, -0.25) is 0 Å². The summed E-state index contributed by atoms with van der Waals surface area (Å²) in [7, 11) is 0. The van der Waals surface area contributed by atoms with Crippen molar-refractivity contribution in [2.24, 2.45) is 0 Å². The fraction of sp³-hybridized carbons (Fsp3) is 0.333. The summed E-state index contributed by atoms with van der Waals surface area (Å²) in [5.41, 5.74) is 1.49. The number of nitriles is 2. The molecule has 4 heteroatoms. The predicted octanol–water partition coefficient (Wildman–Crippen LogP) is 2.25. The van der Waals surface area contributed by atoms with Gasteiger partial charge in [-0.25, -0.2) is 0 Å². The molecule has 82 valence electrons. The fourth-order valence-electron chi connectivity index (χ4n) is 1.31. The lowest BCUT2D eigenvalue weighted by molar-refractivity contribution is 0.586. The summed E-state index contributed by atoms with van der Waals surface area (Å²) in [4.78, 5) is 0.550. The van der Waals surface area contributed by atoms with Crippen molar-refractivity contribution < 1.29 is 4.55 Å². The first-order chi connectivity index (χ1) is 7.51. The van der Waals surface area contributed by atoms with Crippen LogP contribution in [-0.2, 0) is 11.2 Å². The lowest BCUT2D eigenvalue weighted by Gasteiger charge is -2.15. The molecule has 1 aromatic rings. The summed E-state index contributed by atoms with van der Waals surface area (Å²) in [6.07, 6.45) is 0. The third-order valence-corrected chi connectivity index (χ3v) is 3.84.